The van der Waals surface area contributed by atoms with E-state index in [9.17, 15) is 0 Å². The smallest absolute Gasteiger partial charge is 0.164 e. The van der Waals surface area contributed by atoms with Gasteiger partial charge in [-0.1, -0.05) is 170 Å². The summed E-state index contributed by atoms with van der Waals surface area (Å²) in [6.07, 6.45) is 12.6. The van der Waals surface area contributed by atoms with E-state index in [4.69, 9.17) is 24.9 Å². The summed E-state index contributed by atoms with van der Waals surface area (Å²) < 4.78 is 0. The second-order valence-electron chi connectivity index (χ2n) is 16.5. The average molecular weight is 861 g/mol. The van der Waals surface area contributed by atoms with Crippen molar-refractivity contribution in [1.29, 1.82) is 0 Å². The van der Waals surface area contributed by atoms with E-state index >= 15 is 0 Å². The molecule has 0 spiro atoms. The normalized spacial score (nSPS) is 12.1. The number of benzene rings is 7. The molecule has 0 amide bonds. The number of allylic oxidation sites excluding steroid dienone is 4. The van der Waals surface area contributed by atoms with Crippen LogP contribution in [0.25, 0.3) is 84.5 Å². The largest absolute Gasteiger partial charge is 0.310 e. The van der Waals surface area contributed by atoms with Crippen molar-refractivity contribution in [2.24, 2.45) is 0 Å². The molecule has 10 aromatic rings. The third-order valence-corrected chi connectivity index (χ3v) is 12.0. The molecule has 11 rings (SSSR count). The maximum atomic E-state index is 5.11. The van der Waals surface area contributed by atoms with E-state index in [1.165, 1.54) is 16.7 Å². The molecule has 3 heterocycles. The third-order valence-electron chi connectivity index (χ3n) is 12.0. The Bertz CT molecular complexity index is 3390. The third kappa shape index (κ3) is 8.97. The predicted molar refractivity (Wildman–Crippen MR) is 275 cm³/mol. The molecule has 3 aromatic heterocycles. The van der Waals surface area contributed by atoms with Gasteiger partial charge in [-0.15, -0.1) is 0 Å². The number of anilines is 3. The lowest BCUT2D eigenvalue weighted by molar-refractivity contribution is 1.04. The van der Waals surface area contributed by atoms with Crippen LogP contribution in [0.3, 0.4) is 0 Å². The first kappa shape index (κ1) is 40.9. The van der Waals surface area contributed by atoms with Gasteiger partial charge in [0.15, 0.2) is 17.5 Å². The molecule has 1 aliphatic rings. The van der Waals surface area contributed by atoms with Gasteiger partial charge >= 0.3 is 0 Å². The van der Waals surface area contributed by atoms with Crippen LogP contribution in [-0.2, 0) is 0 Å². The molecule has 318 valence electrons. The molecule has 6 heteroatoms. The summed E-state index contributed by atoms with van der Waals surface area (Å²) in [5.41, 5.74) is 16.2. The zero-order valence-electron chi connectivity index (χ0n) is 36.7. The summed E-state index contributed by atoms with van der Waals surface area (Å²) in [5.74, 6) is 1.73. The maximum Gasteiger partial charge on any atom is 0.164 e. The van der Waals surface area contributed by atoms with Crippen molar-refractivity contribution in [3.8, 4) is 78.9 Å². The van der Waals surface area contributed by atoms with Crippen molar-refractivity contribution >= 4 is 22.6 Å². The van der Waals surface area contributed by atoms with Gasteiger partial charge in [-0.05, 0) is 118 Å². The lowest BCUT2D eigenvalue weighted by atomic mass is 9.94. The first-order valence-corrected chi connectivity index (χ1v) is 22.6. The van der Waals surface area contributed by atoms with E-state index in [2.05, 4.69) is 187 Å². The molecule has 0 N–H and O–H groups in total. The number of rotatable bonds is 11. The summed E-state index contributed by atoms with van der Waals surface area (Å²) in [6, 6.07) is 73.7. The molecular formula is C61H44N6. The number of nitrogens with zero attached hydrogens (tertiary/aromatic N) is 6. The van der Waals surface area contributed by atoms with Crippen LogP contribution in [0.5, 0.6) is 0 Å². The Morgan fingerprint density at radius 3 is 1.45 bits per heavy atom. The molecule has 0 aliphatic heterocycles. The fourth-order valence-corrected chi connectivity index (χ4v) is 8.64. The second kappa shape index (κ2) is 18.7. The van der Waals surface area contributed by atoms with Crippen molar-refractivity contribution in [2.75, 3.05) is 4.90 Å². The number of hydrogen-bond donors (Lipinski definition) is 0. The van der Waals surface area contributed by atoms with Crippen LogP contribution in [0.1, 0.15) is 18.4 Å². The molecule has 7 aromatic carbocycles. The van der Waals surface area contributed by atoms with Crippen LogP contribution in [0.2, 0.25) is 0 Å². The lowest BCUT2D eigenvalue weighted by Crippen LogP contribution is -2.11. The number of pyridine rings is 2. The van der Waals surface area contributed by atoms with E-state index in [0.29, 0.717) is 23.2 Å². The Morgan fingerprint density at radius 1 is 0.313 bits per heavy atom. The Labute approximate surface area is 391 Å². The van der Waals surface area contributed by atoms with Gasteiger partial charge < -0.3 is 4.90 Å². The summed E-state index contributed by atoms with van der Waals surface area (Å²) >= 11 is 0. The molecular weight excluding hydrogens is 817 g/mol. The van der Waals surface area contributed by atoms with Crippen molar-refractivity contribution in [2.45, 2.75) is 12.8 Å². The topological polar surface area (TPSA) is 67.7 Å². The molecule has 0 fully saturated rings. The van der Waals surface area contributed by atoms with Crippen LogP contribution in [0, 0.1) is 0 Å². The van der Waals surface area contributed by atoms with Gasteiger partial charge in [0, 0.05) is 46.1 Å². The fourth-order valence-electron chi connectivity index (χ4n) is 8.64. The van der Waals surface area contributed by atoms with Crippen LogP contribution < -0.4 is 4.90 Å². The van der Waals surface area contributed by atoms with Gasteiger partial charge in [0.05, 0.1) is 11.4 Å². The second-order valence-corrected chi connectivity index (χ2v) is 16.5. The van der Waals surface area contributed by atoms with E-state index in [1.807, 2.05) is 60.9 Å². The minimum absolute atomic E-state index is 0.547. The highest BCUT2D eigenvalue weighted by Gasteiger charge is 2.19. The summed E-state index contributed by atoms with van der Waals surface area (Å²) in [7, 11) is 0. The summed E-state index contributed by atoms with van der Waals surface area (Å²) in [4.78, 5) is 27.3. The van der Waals surface area contributed by atoms with Crippen molar-refractivity contribution in [3.05, 3.63) is 249 Å². The molecule has 6 nitrogen and oxygen atoms in total. The van der Waals surface area contributed by atoms with E-state index < -0.39 is 0 Å². The van der Waals surface area contributed by atoms with Crippen molar-refractivity contribution in [1.82, 2.24) is 24.9 Å². The quantitative estimate of drug-likeness (QED) is 0.129. The van der Waals surface area contributed by atoms with Gasteiger partial charge in [-0.3, -0.25) is 9.97 Å². The minimum atomic E-state index is 0.547. The predicted octanol–water partition coefficient (Wildman–Crippen LogP) is 15.5. The Morgan fingerprint density at radius 2 is 0.806 bits per heavy atom. The number of aromatic nitrogens is 5. The highest BCUT2D eigenvalue weighted by Crippen LogP contribution is 2.41. The fraction of sp³-hybridized carbons (Fsp3) is 0.0328. The molecule has 67 heavy (non-hydrogen) atoms. The number of hydrogen-bond acceptors (Lipinski definition) is 6. The molecule has 0 saturated carbocycles. The Kier molecular flexibility index (Phi) is 11.4. The standard InChI is InChI=1S/C61H44N6/c1-6-17-43(18-7-1)47-29-31-54(32-30-47)67(56-39-52(45-21-10-3-11-22-45)38-53(40-56)46-23-12-4-13-24-46)55-34-36-63-58(42-55)57-41-51(33-35-62-57)61-65-59(48-25-14-5-15-26-48)64-60(66-61)50-28-16-27-49(37-50)44-19-8-2-9-20-44/h1-3,5-12,14-42H,4,13H2. The van der Waals surface area contributed by atoms with E-state index in [-0.39, 0.29) is 0 Å². The van der Waals surface area contributed by atoms with Gasteiger partial charge in [0.1, 0.15) is 0 Å². The average Bonchev–Trinajstić information content (AvgIpc) is 3.42. The Hall–Kier alpha value is -8.87. The lowest BCUT2D eigenvalue weighted by Gasteiger charge is -2.27. The van der Waals surface area contributed by atoms with Crippen LogP contribution in [0.15, 0.2) is 243 Å². The van der Waals surface area contributed by atoms with Gasteiger partial charge in [-0.25, -0.2) is 15.0 Å². The molecule has 1 aliphatic carbocycles. The molecule has 0 saturated heterocycles. The minimum Gasteiger partial charge on any atom is -0.310 e. The maximum absolute atomic E-state index is 5.11. The first-order chi connectivity index (χ1) is 33.2. The molecule has 0 radical (unpaired) electrons. The first-order valence-electron chi connectivity index (χ1n) is 22.6. The zero-order chi connectivity index (χ0) is 44.8. The molecule has 0 atom stereocenters. The van der Waals surface area contributed by atoms with E-state index in [0.717, 1.165) is 80.1 Å². The SMILES string of the molecule is C1=CC(c2cc(-c3ccccc3)cc(N(c3ccc(-c4ccccc4)cc3)c3ccnc(-c4cc(-c5nc(-c6ccccc6)nc(-c6cccc(-c7ccccc7)c6)n5)ccn4)c3)c2)=CCC1. The summed E-state index contributed by atoms with van der Waals surface area (Å²) in [5, 5.41) is 0. The zero-order valence-corrected chi connectivity index (χ0v) is 36.7. The summed E-state index contributed by atoms with van der Waals surface area (Å²) in [6.45, 7) is 0. The Balaban J connectivity index is 1.02. The van der Waals surface area contributed by atoms with Crippen molar-refractivity contribution in [3.63, 3.8) is 0 Å². The van der Waals surface area contributed by atoms with Crippen LogP contribution in [0.4, 0.5) is 17.1 Å². The van der Waals surface area contributed by atoms with Gasteiger partial charge in [0.25, 0.3) is 0 Å². The monoisotopic (exact) mass is 860 g/mol. The van der Waals surface area contributed by atoms with Gasteiger partial charge in [-0.2, -0.15) is 0 Å². The van der Waals surface area contributed by atoms with Crippen LogP contribution in [-0.4, -0.2) is 24.9 Å². The highest BCUT2D eigenvalue weighted by atomic mass is 15.1. The molecule has 0 bridgehead atoms. The van der Waals surface area contributed by atoms with Crippen molar-refractivity contribution < 1.29 is 0 Å². The van der Waals surface area contributed by atoms with Crippen LogP contribution >= 0.6 is 0 Å². The molecule has 0 unspecified atom stereocenters. The highest BCUT2D eigenvalue weighted by molar-refractivity contribution is 5.87. The van der Waals surface area contributed by atoms with E-state index in [1.54, 1.807) is 0 Å². The van der Waals surface area contributed by atoms with Gasteiger partial charge in [0.2, 0.25) is 0 Å².